The zero-order valence-corrected chi connectivity index (χ0v) is 15.9. The van der Waals surface area contributed by atoms with Gasteiger partial charge in [-0.05, 0) is 20.3 Å². The molecule has 2 heterocycles. The third kappa shape index (κ3) is 5.48. The standard InChI is InChI=1S/C15H27N5O4S/c1-4-9-25(22,23)20-7-8-24-11-14(20)10-15(21)16-5-6-19-13(3)17-12(2)18-19/h14H,4-11H2,1-3H3,(H,16,21)/t14-/m0/s1. The predicted octanol–water partition coefficient (Wildman–Crippen LogP) is -0.158. The minimum atomic E-state index is -3.34. The summed E-state index contributed by atoms with van der Waals surface area (Å²) >= 11 is 0. The van der Waals surface area contributed by atoms with Crippen LogP contribution in [0.5, 0.6) is 0 Å². The number of morpholine rings is 1. The summed E-state index contributed by atoms with van der Waals surface area (Å²) in [5.74, 6) is 1.39. The number of ether oxygens (including phenoxy) is 1. The first kappa shape index (κ1) is 19.8. The van der Waals surface area contributed by atoms with Crippen LogP contribution in [0.25, 0.3) is 0 Å². The second kappa shape index (κ2) is 8.72. The lowest BCUT2D eigenvalue weighted by molar-refractivity contribution is -0.123. The number of aryl methyl sites for hydroxylation is 2. The molecule has 1 N–H and O–H groups in total. The molecule has 0 radical (unpaired) electrons. The molecule has 9 nitrogen and oxygen atoms in total. The summed E-state index contributed by atoms with van der Waals surface area (Å²) in [5, 5.41) is 7.05. The van der Waals surface area contributed by atoms with Gasteiger partial charge in [0.2, 0.25) is 15.9 Å². The number of carbonyl (C=O) groups is 1. The normalized spacial score (nSPS) is 19.1. The molecule has 0 spiro atoms. The van der Waals surface area contributed by atoms with Crippen molar-refractivity contribution in [2.45, 2.75) is 46.2 Å². The van der Waals surface area contributed by atoms with Crippen LogP contribution >= 0.6 is 0 Å². The van der Waals surface area contributed by atoms with E-state index >= 15 is 0 Å². The maximum absolute atomic E-state index is 12.3. The van der Waals surface area contributed by atoms with E-state index in [1.54, 1.807) is 4.68 Å². The van der Waals surface area contributed by atoms with Crippen LogP contribution in [-0.2, 0) is 26.1 Å². The van der Waals surface area contributed by atoms with Crippen LogP contribution in [0, 0.1) is 13.8 Å². The van der Waals surface area contributed by atoms with Crippen LogP contribution in [-0.4, -0.2) is 71.5 Å². The van der Waals surface area contributed by atoms with Crippen molar-refractivity contribution in [3.63, 3.8) is 0 Å². The molecule has 1 fully saturated rings. The first-order chi connectivity index (χ1) is 11.8. The van der Waals surface area contributed by atoms with Crippen molar-refractivity contribution in [3.05, 3.63) is 11.6 Å². The molecule has 1 saturated heterocycles. The maximum Gasteiger partial charge on any atom is 0.221 e. The highest BCUT2D eigenvalue weighted by Gasteiger charge is 2.33. The fraction of sp³-hybridized carbons (Fsp3) is 0.800. The molecular weight excluding hydrogens is 346 g/mol. The summed E-state index contributed by atoms with van der Waals surface area (Å²) in [7, 11) is -3.34. The maximum atomic E-state index is 12.3. The van der Waals surface area contributed by atoms with Gasteiger partial charge in [0.15, 0.2) is 0 Å². The van der Waals surface area contributed by atoms with Gasteiger partial charge in [0.05, 0.1) is 31.6 Å². The number of rotatable bonds is 8. The average molecular weight is 373 g/mol. The zero-order chi connectivity index (χ0) is 18.4. The van der Waals surface area contributed by atoms with Crippen molar-refractivity contribution >= 4 is 15.9 Å². The van der Waals surface area contributed by atoms with E-state index in [-0.39, 0.29) is 24.7 Å². The van der Waals surface area contributed by atoms with Gasteiger partial charge in [-0.3, -0.25) is 4.79 Å². The lowest BCUT2D eigenvalue weighted by atomic mass is 10.2. The van der Waals surface area contributed by atoms with Gasteiger partial charge in [-0.1, -0.05) is 6.92 Å². The SMILES string of the molecule is CCCS(=O)(=O)N1CCOC[C@@H]1CC(=O)NCCn1nc(C)nc1C. The van der Waals surface area contributed by atoms with E-state index in [0.717, 1.165) is 5.82 Å². The van der Waals surface area contributed by atoms with Gasteiger partial charge >= 0.3 is 0 Å². The Kier molecular flexibility index (Phi) is 6.91. The third-order valence-electron chi connectivity index (χ3n) is 4.02. The number of hydrogen-bond acceptors (Lipinski definition) is 6. The van der Waals surface area contributed by atoms with E-state index in [1.165, 1.54) is 4.31 Å². The zero-order valence-electron chi connectivity index (χ0n) is 15.1. The Bertz CT molecular complexity index is 688. The smallest absolute Gasteiger partial charge is 0.221 e. The minimum Gasteiger partial charge on any atom is -0.378 e. The number of carbonyl (C=O) groups excluding carboxylic acids is 1. The van der Waals surface area contributed by atoms with Crippen LogP contribution in [0.3, 0.4) is 0 Å². The Hall–Kier alpha value is -1.52. The Balaban J connectivity index is 1.86. The Morgan fingerprint density at radius 2 is 2.16 bits per heavy atom. The van der Waals surface area contributed by atoms with Crippen LogP contribution < -0.4 is 5.32 Å². The summed E-state index contributed by atoms with van der Waals surface area (Å²) in [4.78, 5) is 16.4. The predicted molar refractivity (Wildman–Crippen MR) is 92.5 cm³/mol. The molecule has 1 amide bonds. The van der Waals surface area contributed by atoms with Crippen LogP contribution in [0.2, 0.25) is 0 Å². The highest BCUT2D eigenvalue weighted by molar-refractivity contribution is 7.89. The van der Waals surface area contributed by atoms with E-state index in [0.29, 0.717) is 38.5 Å². The Morgan fingerprint density at radius 1 is 1.40 bits per heavy atom. The minimum absolute atomic E-state index is 0.0933. The molecule has 25 heavy (non-hydrogen) atoms. The highest BCUT2D eigenvalue weighted by atomic mass is 32.2. The molecule has 0 saturated carbocycles. The fourth-order valence-electron chi connectivity index (χ4n) is 2.90. The van der Waals surface area contributed by atoms with E-state index in [9.17, 15) is 13.2 Å². The first-order valence-corrected chi connectivity index (χ1v) is 10.2. The first-order valence-electron chi connectivity index (χ1n) is 8.55. The van der Waals surface area contributed by atoms with Gasteiger partial charge in [-0.25, -0.2) is 18.1 Å². The van der Waals surface area contributed by atoms with E-state index in [4.69, 9.17) is 4.74 Å². The van der Waals surface area contributed by atoms with Crippen molar-refractivity contribution in [2.24, 2.45) is 0 Å². The monoisotopic (exact) mass is 373 g/mol. The molecule has 1 aromatic heterocycles. The molecule has 1 aliphatic heterocycles. The van der Waals surface area contributed by atoms with Gasteiger partial charge in [0, 0.05) is 19.5 Å². The number of hydrogen-bond donors (Lipinski definition) is 1. The third-order valence-corrected chi connectivity index (χ3v) is 6.14. The molecule has 10 heteroatoms. The van der Waals surface area contributed by atoms with E-state index in [1.807, 2.05) is 20.8 Å². The fourth-order valence-corrected chi connectivity index (χ4v) is 4.60. The van der Waals surface area contributed by atoms with Gasteiger partial charge in [0.1, 0.15) is 11.6 Å². The van der Waals surface area contributed by atoms with Gasteiger partial charge in [-0.2, -0.15) is 9.40 Å². The van der Waals surface area contributed by atoms with Crippen molar-refractivity contribution in [1.82, 2.24) is 24.4 Å². The van der Waals surface area contributed by atoms with Gasteiger partial charge in [0.25, 0.3) is 0 Å². The molecule has 2 rings (SSSR count). The summed E-state index contributed by atoms with van der Waals surface area (Å²) in [6.45, 7) is 7.36. The molecule has 1 aliphatic rings. The van der Waals surface area contributed by atoms with Gasteiger partial charge in [-0.15, -0.1) is 0 Å². The van der Waals surface area contributed by atoms with E-state index < -0.39 is 16.1 Å². The molecule has 0 aliphatic carbocycles. The molecule has 0 aromatic carbocycles. The number of sulfonamides is 1. The molecular formula is C15H27N5O4S. The van der Waals surface area contributed by atoms with Crippen LogP contribution in [0.1, 0.15) is 31.4 Å². The quantitative estimate of drug-likeness (QED) is 0.679. The van der Waals surface area contributed by atoms with Crippen molar-refractivity contribution in [3.8, 4) is 0 Å². The summed E-state index contributed by atoms with van der Waals surface area (Å²) in [6.07, 6.45) is 0.646. The highest BCUT2D eigenvalue weighted by Crippen LogP contribution is 2.16. The van der Waals surface area contributed by atoms with Crippen molar-refractivity contribution in [1.29, 1.82) is 0 Å². The Labute approximate surface area is 148 Å². The number of amides is 1. The summed E-state index contributed by atoms with van der Waals surface area (Å²) < 4.78 is 33.2. The summed E-state index contributed by atoms with van der Waals surface area (Å²) in [5.41, 5.74) is 0. The van der Waals surface area contributed by atoms with Crippen molar-refractivity contribution < 1.29 is 17.9 Å². The molecule has 142 valence electrons. The van der Waals surface area contributed by atoms with E-state index in [2.05, 4.69) is 15.4 Å². The summed E-state index contributed by atoms with van der Waals surface area (Å²) in [6, 6.07) is -0.444. The molecule has 1 aromatic rings. The number of aromatic nitrogens is 3. The lowest BCUT2D eigenvalue weighted by Crippen LogP contribution is -2.51. The molecule has 0 unspecified atom stereocenters. The second-order valence-corrected chi connectivity index (χ2v) is 8.18. The topological polar surface area (TPSA) is 106 Å². The Morgan fingerprint density at radius 3 is 2.80 bits per heavy atom. The van der Waals surface area contributed by atoms with Crippen LogP contribution in [0.4, 0.5) is 0 Å². The average Bonchev–Trinajstić information content (AvgIpc) is 2.85. The molecule has 1 atom stereocenters. The van der Waals surface area contributed by atoms with Gasteiger partial charge < -0.3 is 10.1 Å². The van der Waals surface area contributed by atoms with Crippen molar-refractivity contribution in [2.75, 3.05) is 32.1 Å². The molecule has 0 bridgehead atoms. The number of nitrogens with zero attached hydrogens (tertiary/aromatic N) is 4. The lowest BCUT2D eigenvalue weighted by Gasteiger charge is -2.34. The second-order valence-electron chi connectivity index (χ2n) is 6.14. The van der Waals surface area contributed by atoms with Crippen LogP contribution in [0.15, 0.2) is 0 Å². The number of nitrogens with one attached hydrogen (secondary N) is 1. The largest absolute Gasteiger partial charge is 0.378 e.